The number of hydrogen-bond acceptors (Lipinski definition) is 3. The van der Waals surface area contributed by atoms with E-state index in [0.29, 0.717) is 6.42 Å². The van der Waals surface area contributed by atoms with Gasteiger partial charge in [-0.3, -0.25) is 9.59 Å². The number of esters is 1. The highest BCUT2D eigenvalue weighted by Gasteiger charge is 2.20. The van der Waals surface area contributed by atoms with Crippen LogP contribution in [0.5, 0.6) is 0 Å². The predicted molar refractivity (Wildman–Crippen MR) is 36.5 cm³/mol. The molecule has 0 rings (SSSR count). The molecule has 0 bridgehead atoms. The van der Waals surface area contributed by atoms with Crippen LogP contribution in [0.3, 0.4) is 0 Å². The molecule has 0 aromatic carbocycles. The Balaban J connectivity index is 4.06. The lowest BCUT2D eigenvalue weighted by atomic mass is 10.0. The Bertz CT molecular complexity index is 140. The van der Waals surface area contributed by atoms with Crippen molar-refractivity contribution in [3.8, 4) is 0 Å². The van der Waals surface area contributed by atoms with E-state index in [4.69, 9.17) is 0 Å². The monoisotopic (exact) mass is 144 g/mol. The third kappa shape index (κ3) is 2.17. The number of ketones is 1. The number of carbonyl (C=O) groups excluding carboxylic acids is 2. The van der Waals surface area contributed by atoms with Crippen molar-refractivity contribution in [1.82, 2.24) is 0 Å². The minimum absolute atomic E-state index is 0.130. The van der Waals surface area contributed by atoms with Crippen LogP contribution in [-0.4, -0.2) is 18.9 Å². The van der Waals surface area contributed by atoms with Crippen LogP contribution in [0.15, 0.2) is 0 Å². The second-order valence-corrected chi connectivity index (χ2v) is 2.09. The van der Waals surface area contributed by atoms with Crippen molar-refractivity contribution in [3.05, 3.63) is 0 Å². The van der Waals surface area contributed by atoms with Crippen LogP contribution >= 0.6 is 0 Å². The lowest BCUT2D eigenvalue weighted by Crippen LogP contribution is -2.22. The van der Waals surface area contributed by atoms with Gasteiger partial charge in [0.1, 0.15) is 11.7 Å². The van der Waals surface area contributed by atoms with Crippen molar-refractivity contribution >= 4 is 11.8 Å². The van der Waals surface area contributed by atoms with Crippen molar-refractivity contribution in [2.75, 3.05) is 7.11 Å². The van der Waals surface area contributed by atoms with E-state index in [9.17, 15) is 9.59 Å². The first-order chi connectivity index (χ1) is 4.63. The van der Waals surface area contributed by atoms with Gasteiger partial charge in [-0.2, -0.15) is 0 Å². The van der Waals surface area contributed by atoms with Gasteiger partial charge in [-0.1, -0.05) is 6.92 Å². The first kappa shape index (κ1) is 9.14. The maximum atomic E-state index is 10.7. The quantitative estimate of drug-likeness (QED) is 0.434. The van der Waals surface area contributed by atoms with E-state index >= 15 is 0 Å². The molecule has 0 amide bonds. The fourth-order valence-corrected chi connectivity index (χ4v) is 0.762. The number of ether oxygens (including phenoxy) is 1. The molecule has 0 aliphatic rings. The summed E-state index contributed by atoms with van der Waals surface area (Å²) < 4.78 is 4.40. The van der Waals surface area contributed by atoms with E-state index in [2.05, 4.69) is 4.74 Å². The summed E-state index contributed by atoms with van der Waals surface area (Å²) in [6.45, 7) is 3.17. The summed E-state index contributed by atoms with van der Waals surface area (Å²) in [6.07, 6.45) is 0.516. The number of carbonyl (C=O) groups is 2. The van der Waals surface area contributed by atoms with Crippen molar-refractivity contribution in [2.24, 2.45) is 5.92 Å². The zero-order valence-corrected chi connectivity index (χ0v) is 6.51. The van der Waals surface area contributed by atoms with Crippen molar-refractivity contribution in [2.45, 2.75) is 20.3 Å². The molecule has 3 nitrogen and oxygen atoms in total. The molecule has 3 heteroatoms. The van der Waals surface area contributed by atoms with Gasteiger partial charge in [0.05, 0.1) is 7.11 Å². The normalized spacial score (nSPS) is 12.3. The molecule has 0 spiro atoms. The summed E-state index contributed by atoms with van der Waals surface area (Å²) in [5, 5.41) is 0. The van der Waals surface area contributed by atoms with Crippen LogP contribution in [0, 0.1) is 5.92 Å². The second-order valence-electron chi connectivity index (χ2n) is 2.09. The zero-order valence-electron chi connectivity index (χ0n) is 6.51. The second kappa shape index (κ2) is 4.04. The van der Waals surface area contributed by atoms with Crippen molar-refractivity contribution in [1.29, 1.82) is 0 Å². The Hall–Kier alpha value is -0.860. The molecule has 0 unspecified atom stereocenters. The third-order valence-electron chi connectivity index (χ3n) is 1.38. The molecule has 0 saturated carbocycles. The maximum Gasteiger partial charge on any atom is 0.316 e. The van der Waals surface area contributed by atoms with Gasteiger partial charge >= 0.3 is 5.97 Å². The zero-order chi connectivity index (χ0) is 8.15. The van der Waals surface area contributed by atoms with E-state index in [0.717, 1.165) is 0 Å². The standard InChI is InChI=1S/C7H12O3/c1-4-6(5(2)8)7(9)10-3/h6H,4H2,1-3H3/t6-/m1/s1. The minimum Gasteiger partial charge on any atom is -0.468 e. The summed E-state index contributed by atoms with van der Waals surface area (Å²) >= 11 is 0. The average molecular weight is 144 g/mol. The molecule has 0 aliphatic heterocycles. The van der Waals surface area contributed by atoms with E-state index in [1.54, 1.807) is 6.92 Å². The molecule has 0 N–H and O–H groups in total. The van der Waals surface area contributed by atoms with Crippen molar-refractivity contribution < 1.29 is 14.3 Å². The summed E-state index contributed by atoms with van der Waals surface area (Å²) in [7, 11) is 1.29. The van der Waals surface area contributed by atoms with E-state index in [-0.39, 0.29) is 5.78 Å². The van der Waals surface area contributed by atoms with E-state index in [1.165, 1.54) is 14.0 Å². The average Bonchev–Trinajstić information content (AvgIpc) is 1.88. The molecule has 0 fully saturated rings. The van der Waals surface area contributed by atoms with Gasteiger partial charge in [0, 0.05) is 0 Å². The Kier molecular flexibility index (Phi) is 3.69. The van der Waals surface area contributed by atoms with Crippen LogP contribution < -0.4 is 0 Å². The smallest absolute Gasteiger partial charge is 0.316 e. The molecule has 58 valence electrons. The van der Waals surface area contributed by atoms with Gasteiger partial charge in [0.25, 0.3) is 0 Å². The molecule has 0 heterocycles. The van der Waals surface area contributed by atoms with Crippen LogP contribution in [-0.2, 0) is 14.3 Å². The highest BCUT2D eigenvalue weighted by Crippen LogP contribution is 2.05. The predicted octanol–water partition coefficient (Wildman–Crippen LogP) is 0.775. The largest absolute Gasteiger partial charge is 0.468 e. The number of rotatable bonds is 3. The number of hydrogen-bond donors (Lipinski definition) is 0. The van der Waals surface area contributed by atoms with Crippen LogP contribution in [0.1, 0.15) is 20.3 Å². The van der Waals surface area contributed by atoms with Gasteiger partial charge in [0.15, 0.2) is 0 Å². The molecule has 1 atom stereocenters. The molecule has 0 saturated heterocycles. The fraction of sp³-hybridized carbons (Fsp3) is 0.714. The van der Waals surface area contributed by atoms with E-state index < -0.39 is 11.9 Å². The first-order valence-electron chi connectivity index (χ1n) is 3.21. The van der Waals surface area contributed by atoms with Crippen molar-refractivity contribution in [3.63, 3.8) is 0 Å². The Morgan fingerprint density at radius 3 is 2.10 bits per heavy atom. The Morgan fingerprint density at radius 2 is 2.00 bits per heavy atom. The number of methoxy groups -OCH3 is 1. The van der Waals surface area contributed by atoms with Crippen LogP contribution in [0.2, 0.25) is 0 Å². The van der Waals surface area contributed by atoms with Gasteiger partial charge < -0.3 is 4.74 Å². The summed E-state index contributed by atoms with van der Waals surface area (Å²) in [5.74, 6) is -1.13. The lowest BCUT2D eigenvalue weighted by Gasteiger charge is -2.06. The summed E-state index contributed by atoms with van der Waals surface area (Å²) in [4.78, 5) is 21.4. The minimum atomic E-state index is -0.565. The molecule has 0 radical (unpaired) electrons. The Morgan fingerprint density at radius 1 is 1.50 bits per heavy atom. The molecule has 0 aromatic heterocycles. The summed E-state index contributed by atoms with van der Waals surface area (Å²) in [6, 6.07) is 0. The van der Waals surface area contributed by atoms with Gasteiger partial charge in [-0.05, 0) is 13.3 Å². The van der Waals surface area contributed by atoms with Gasteiger partial charge in [-0.25, -0.2) is 0 Å². The number of Topliss-reactive ketones (excluding diaryl/α,β-unsaturated/α-hetero) is 1. The first-order valence-corrected chi connectivity index (χ1v) is 3.21. The molecule has 10 heavy (non-hydrogen) atoms. The third-order valence-corrected chi connectivity index (χ3v) is 1.38. The lowest BCUT2D eigenvalue weighted by molar-refractivity contribution is -0.148. The molecular weight excluding hydrogens is 132 g/mol. The Labute approximate surface area is 60.4 Å². The molecule has 0 aromatic rings. The SMILES string of the molecule is CC[C@H](C(C)=O)C(=O)OC. The maximum absolute atomic E-state index is 10.7. The van der Waals surface area contributed by atoms with Gasteiger partial charge in [-0.15, -0.1) is 0 Å². The highest BCUT2D eigenvalue weighted by molar-refractivity contribution is 5.97. The van der Waals surface area contributed by atoms with Crippen LogP contribution in [0.4, 0.5) is 0 Å². The fourth-order valence-electron chi connectivity index (χ4n) is 0.762. The van der Waals surface area contributed by atoms with E-state index in [1.807, 2.05) is 0 Å². The van der Waals surface area contributed by atoms with Gasteiger partial charge in [0.2, 0.25) is 0 Å². The van der Waals surface area contributed by atoms with Crippen LogP contribution in [0.25, 0.3) is 0 Å². The topological polar surface area (TPSA) is 43.4 Å². The highest BCUT2D eigenvalue weighted by atomic mass is 16.5. The molecular formula is C7H12O3. The molecule has 0 aliphatic carbocycles. The summed E-state index contributed by atoms with van der Waals surface area (Å²) in [5.41, 5.74) is 0.